The standard InChI is InChI=1S/C29H31Cl2NO6/c1-2-36-27(28(33)34)19-22-10-13-24(14-11-22)37-18-17-32(16-6-9-21-7-4-3-5-8-21)29(35)38-26-15-12-23(30)20-25(26)31/h3-5,7-8,10-15,20,27H,2,6,9,16-19H2,1H3,(H,33,34). The van der Waals surface area contributed by atoms with Gasteiger partial charge in [-0.15, -0.1) is 0 Å². The molecule has 0 aliphatic carbocycles. The molecular formula is C29H31Cl2NO6. The molecule has 1 atom stereocenters. The molecule has 3 aromatic rings. The van der Waals surface area contributed by atoms with Gasteiger partial charge in [0.1, 0.15) is 12.4 Å². The summed E-state index contributed by atoms with van der Waals surface area (Å²) in [6, 6.07) is 21.9. The van der Waals surface area contributed by atoms with E-state index in [-0.39, 0.29) is 23.8 Å². The third kappa shape index (κ3) is 9.56. The third-order valence-corrected chi connectivity index (χ3v) is 6.23. The van der Waals surface area contributed by atoms with E-state index in [2.05, 4.69) is 12.1 Å². The fourth-order valence-electron chi connectivity index (χ4n) is 3.76. The molecule has 1 N–H and O–H groups in total. The van der Waals surface area contributed by atoms with Crippen LogP contribution in [0.1, 0.15) is 24.5 Å². The van der Waals surface area contributed by atoms with Crippen molar-refractivity contribution < 1.29 is 28.9 Å². The van der Waals surface area contributed by atoms with Crippen LogP contribution in [0.5, 0.6) is 11.5 Å². The number of hydrogen-bond donors (Lipinski definition) is 1. The largest absolute Gasteiger partial charge is 0.492 e. The van der Waals surface area contributed by atoms with Crippen LogP contribution < -0.4 is 9.47 Å². The summed E-state index contributed by atoms with van der Waals surface area (Å²) in [6.45, 7) is 3.09. The molecule has 0 aromatic heterocycles. The molecule has 202 valence electrons. The average molecular weight is 560 g/mol. The lowest BCUT2D eigenvalue weighted by molar-refractivity contribution is -0.149. The van der Waals surface area contributed by atoms with Crippen molar-refractivity contribution in [3.8, 4) is 11.5 Å². The van der Waals surface area contributed by atoms with Gasteiger partial charge in [-0.2, -0.15) is 0 Å². The highest BCUT2D eigenvalue weighted by molar-refractivity contribution is 6.35. The highest BCUT2D eigenvalue weighted by Crippen LogP contribution is 2.28. The van der Waals surface area contributed by atoms with Crippen LogP contribution in [0.25, 0.3) is 0 Å². The Morgan fingerprint density at radius 3 is 2.34 bits per heavy atom. The fourth-order valence-corrected chi connectivity index (χ4v) is 4.20. The summed E-state index contributed by atoms with van der Waals surface area (Å²) in [5.74, 6) is -0.154. The Labute approximate surface area is 232 Å². The lowest BCUT2D eigenvalue weighted by atomic mass is 10.1. The van der Waals surface area contributed by atoms with Gasteiger partial charge >= 0.3 is 12.1 Å². The van der Waals surface area contributed by atoms with Gasteiger partial charge in [0.15, 0.2) is 11.9 Å². The van der Waals surface area contributed by atoms with E-state index in [1.807, 2.05) is 18.2 Å². The molecule has 3 aromatic carbocycles. The van der Waals surface area contributed by atoms with E-state index < -0.39 is 18.2 Å². The molecule has 3 rings (SSSR count). The van der Waals surface area contributed by atoms with Crippen molar-refractivity contribution in [2.45, 2.75) is 32.3 Å². The van der Waals surface area contributed by atoms with Crippen molar-refractivity contribution in [1.29, 1.82) is 0 Å². The molecule has 7 nitrogen and oxygen atoms in total. The van der Waals surface area contributed by atoms with Gasteiger partial charge in [-0.25, -0.2) is 9.59 Å². The number of carbonyl (C=O) groups is 2. The monoisotopic (exact) mass is 559 g/mol. The number of aryl methyl sites for hydroxylation is 1. The first-order valence-electron chi connectivity index (χ1n) is 12.4. The predicted molar refractivity (Wildman–Crippen MR) is 148 cm³/mol. The number of nitrogens with zero attached hydrogens (tertiary/aromatic N) is 1. The maximum atomic E-state index is 13.0. The molecule has 0 fully saturated rings. The first-order valence-corrected chi connectivity index (χ1v) is 13.1. The second-order valence-corrected chi connectivity index (χ2v) is 9.34. The van der Waals surface area contributed by atoms with Crippen molar-refractivity contribution in [3.05, 3.63) is 94.0 Å². The molecule has 0 spiro atoms. The second kappa shape index (κ2) is 15.2. The molecule has 0 bridgehead atoms. The van der Waals surface area contributed by atoms with E-state index in [1.54, 1.807) is 48.2 Å². The summed E-state index contributed by atoms with van der Waals surface area (Å²) < 4.78 is 16.7. The van der Waals surface area contributed by atoms with Crippen LogP contribution in [-0.4, -0.2) is 54.5 Å². The average Bonchev–Trinajstić information content (AvgIpc) is 2.90. The van der Waals surface area contributed by atoms with Crippen LogP contribution in [0.15, 0.2) is 72.8 Å². The van der Waals surface area contributed by atoms with Crippen LogP contribution in [0.3, 0.4) is 0 Å². The molecule has 0 radical (unpaired) electrons. The molecule has 38 heavy (non-hydrogen) atoms. The van der Waals surface area contributed by atoms with Crippen molar-refractivity contribution in [3.63, 3.8) is 0 Å². The zero-order valence-corrected chi connectivity index (χ0v) is 22.7. The third-order valence-electron chi connectivity index (χ3n) is 5.70. The number of carbonyl (C=O) groups excluding carboxylic acids is 1. The van der Waals surface area contributed by atoms with Crippen LogP contribution in [-0.2, 0) is 22.4 Å². The van der Waals surface area contributed by atoms with Crippen molar-refractivity contribution >= 4 is 35.3 Å². The smallest absolute Gasteiger partial charge is 0.415 e. The maximum Gasteiger partial charge on any atom is 0.415 e. The summed E-state index contributed by atoms with van der Waals surface area (Å²) in [7, 11) is 0. The van der Waals surface area contributed by atoms with E-state index in [9.17, 15) is 14.7 Å². The minimum absolute atomic E-state index is 0.234. The Bertz CT molecular complexity index is 1170. The lowest BCUT2D eigenvalue weighted by Gasteiger charge is -2.22. The second-order valence-electron chi connectivity index (χ2n) is 8.50. The van der Waals surface area contributed by atoms with Gasteiger partial charge in [-0.1, -0.05) is 65.7 Å². The highest BCUT2D eigenvalue weighted by Gasteiger charge is 2.19. The number of aliphatic carboxylic acids is 1. The van der Waals surface area contributed by atoms with E-state index in [1.165, 1.54) is 11.6 Å². The Hall–Kier alpha value is -3.26. The maximum absolute atomic E-state index is 13.0. The van der Waals surface area contributed by atoms with E-state index >= 15 is 0 Å². The van der Waals surface area contributed by atoms with Crippen molar-refractivity contribution in [2.24, 2.45) is 0 Å². The molecule has 1 unspecified atom stereocenters. The normalized spacial score (nSPS) is 11.6. The predicted octanol–water partition coefficient (Wildman–Crippen LogP) is 6.54. The summed E-state index contributed by atoms with van der Waals surface area (Å²) >= 11 is 12.1. The fraction of sp³-hybridized carbons (Fsp3) is 0.310. The quantitative estimate of drug-likeness (QED) is 0.241. The number of hydrogen-bond acceptors (Lipinski definition) is 5. The number of ether oxygens (including phenoxy) is 3. The molecule has 1 amide bonds. The molecule has 0 saturated carbocycles. The Balaban J connectivity index is 1.58. The summed E-state index contributed by atoms with van der Waals surface area (Å²) in [4.78, 5) is 25.9. The minimum Gasteiger partial charge on any atom is -0.492 e. The number of amides is 1. The number of carboxylic acids is 1. The van der Waals surface area contributed by atoms with Gasteiger partial charge in [-0.05, 0) is 61.2 Å². The number of carboxylic acid groups (broad SMARTS) is 1. The summed E-state index contributed by atoms with van der Waals surface area (Å²) in [6.07, 6.45) is 0.395. The number of benzene rings is 3. The molecule has 0 aliphatic heterocycles. The Morgan fingerprint density at radius 2 is 1.68 bits per heavy atom. The zero-order valence-electron chi connectivity index (χ0n) is 21.1. The van der Waals surface area contributed by atoms with Gasteiger partial charge in [0.2, 0.25) is 0 Å². The first kappa shape index (κ1) is 29.3. The molecule has 0 aliphatic rings. The van der Waals surface area contributed by atoms with E-state index in [0.717, 1.165) is 18.4 Å². The lowest BCUT2D eigenvalue weighted by Crippen LogP contribution is -2.37. The van der Waals surface area contributed by atoms with Gasteiger partial charge in [0.25, 0.3) is 0 Å². The molecular weight excluding hydrogens is 529 g/mol. The number of rotatable bonds is 14. The van der Waals surface area contributed by atoms with Crippen LogP contribution >= 0.6 is 23.2 Å². The zero-order chi connectivity index (χ0) is 27.3. The molecule has 0 heterocycles. The summed E-state index contributed by atoms with van der Waals surface area (Å²) in [5, 5.41) is 9.97. The van der Waals surface area contributed by atoms with Crippen molar-refractivity contribution in [1.82, 2.24) is 4.90 Å². The van der Waals surface area contributed by atoms with Crippen LogP contribution in [0.4, 0.5) is 4.79 Å². The minimum atomic E-state index is -0.994. The Kier molecular flexibility index (Phi) is 11.7. The first-order chi connectivity index (χ1) is 18.4. The highest BCUT2D eigenvalue weighted by atomic mass is 35.5. The topological polar surface area (TPSA) is 85.3 Å². The Morgan fingerprint density at radius 1 is 0.947 bits per heavy atom. The van der Waals surface area contributed by atoms with Crippen LogP contribution in [0, 0.1) is 0 Å². The SMILES string of the molecule is CCOC(Cc1ccc(OCCN(CCCc2ccccc2)C(=O)Oc2ccc(Cl)cc2Cl)cc1)C(=O)O. The number of halogens is 2. The molecule has 0 saturated heterocycles. The van der Waals surface area contributed by atoms with E-state index in [0.29, 0.717) is 30.5 Å². The van der Waals surface area contributed by atoms with Gasteiger partial charge in [0, 0.05) is 24.6 Å². The summed E-state index contributed by atoms with van der Waals surface area (Å²) in [5.41, 5.74) is 2.01. The molecule has 9 heteroatoms. The van der Waals surface area contributed by atoms with E-state index in [4.69, 9.17) is 37.4 Å². The van der Waals surface area contributed by atoms with Gasteiger partial charge < -0.3 is 24.2 Å². The van der Waals surface area contributed by atoms with Gasteiger partial charge in [0.05, 0.1) is 11.6 Å². The van der Waals surface area contributed by atoms with Gasteiger partial charge in [-0.3, -0.25) is 0 Å². The van der Waals surface area contributed by atoms with Crippen LogP contribution in [0.2, 0.25) is 10.0 Å². The van der Waals surface area contributed by atoms with Crippen molar-refractivity contribution in [2.75, 3.05) is 26.3 Å².